The molecule has 7 heterocycles. The number of benzene rings is 2. The first-order valence-corrected chi connectivity index (χ1v) is 29.5. The largest absolute Gasteiger partial charge is 0.492 e. The number of anilines is 1. The van der Waals surface area contributed by atoms with E-state index in [1.807, 2.05) is 90.1 Å². The molecule has 1 unspecified atom stereocenters. The third kappa shape index (κ3) is 13.3. The molecule has 3 N–H and O–H groups in total. The van der Waals surface area contributed by atoms with Crippen molar-refractivity contribution in [2.24, 2.45) is 11.3 Å². The lowest BCUT2D eigenvalue weighted by atomic mass is 9.85. The number of ether oxygens (including phenoxy) is 1. The smallest absolute Gasteiger partial charge is 0.355 e. The van der Waals surface area contributed by atoms with Gasteiger partial charge in [-0.05, 0) is 124 Å². The predicted octanol–water partition coefficient (Wildman–Crippen LogP) is 7.89. The molecular formula is C62H75F2N11O7S. The van der Waals surface area contributed by atoms with E-state index in [0.717, 1.165) is 34.5 Å². The standard InChI is InChI=1S/C62H75F2N11O7S/c1-10-50(78)72-27-28-73(38(5)32-72)57-44-30-46(64)53(69-58(44)75(61(81)70-57)54-37(4)20-23-65-52(54)36(2)3)51-45(63)13-11-14-48(51)82-34-41-21-25-71(26-22-41)24-12-15-49(77)68-56(62(7,8)9)60(80)74-33-43(76)29-47(74)59(79)66-31-40-16-18-42(19-17-40)55-39(6)67-35-83-55/h10-11,13-14,16-20,23,30,35-36,38,41,43,47,56,76H,1,12,15,21-22,24-29,31-34H2,2-9H3,(H,66,79)(H,68,77)/t38-,43?,47-,56+/m0/s1. The first-order chi connectivity index (χ1) is 39.6. The Hall–Kier alpha value is -7.49. The Kier molecular flexibility index (Phi) is 18.5. The Morgan fingerprint density at radius 1 is 0.964 bits per heavy atom. The number of hydrogen-bond acceptors (Lipinski definition) is 14. The number of hydrogen-bond donors (Lipinski definition) is 3. The summed E-state index contributed by atoms with van der Waals surface area (Å²) in [6.45, 7) is 22.2. The number of aliphatic hydroxyl groups is 1. The summed E-state index contributed by atoms with van der Waals surface area (Å²) in [5, 5.41) is 16.9. The molecule has 83 heavy (non-hydrogen) atoms. The van der Waals surface area contributed by atoms with Crippen LogP contribution >= 0.6 is 11.3 Å². The molecule has 0 spiro atoms. The molecule has 9 rings (SSSR count). The minimum atomic E-state index is -0.944. The zero-order valence-electron chi connectivity index (χ0n) is 48.6. The van der Waals surface area contributed by atoms with Crippen molar-refractivity contribution in [3.8, 4) is 33.1 Å². The number of carbonyl (C=O) groups excluding carboxylic acids is 4. The molecule has 4 amide bonds. The monoisotopic (exact) mass is 1160 g/mol. The summed E-state index contributed by atoms with van der Waals surface area (Å²) in [7, 11) is 0. The van der Waals surface area contributed by atoms with Crippen molar-refractivity contribution in [1.82, 2.24) is 49.8 Å². The van der Waals surface area contributed by atoms with Crippen molar-refractivity contribution >= 4 is 51.8 Å². The first-order valence-electron chi connectivity index (χ1n) is 28.6. The fourth-order valence-corrected chi connectivity index (χ4v) is 12.3. The van der Waals surface area contributed by atoms with Crippen LogP contribution in [0.25, 0.3) is 38.4 Å². The highest BCUT2D eigenvalue weighted by Crippen LogP contribution is 2.39. The molecule has 3 aliphatic rings. The predicted molar refractivity (Wildman–Crippen MR) is 316 cm³/mol. The van der Waals surface area contributed by atoms with Crippen LogP contribution in [0.4, 0.5) is 14.6 Å². The number of fused-ring (bicyclic) bond motifs is 1. The van der Waals surface area contributed by atoms with E-state index < -0.39 is 46.8 Å². The van der Waals surface area contributed by atoms with Crippen LogP contribution < -0.4 is 26.0 Å². The number of carbonyl (C=O) groups is 4. The van der Waals surface area contributed by atoms with Crippen molar-refractivity contribution in [2.45, 2.75) is 124 Å². The number of piperazine rings is 1. The molecule has 18 nitrogen and oxygen atoms in total. The highest BCUT2D eigenvalue weighted by atomic mass is 32.1. The number of rotatable bonds is 18. The molecule has 0 radical (unpaired) electrons. The van der Waals surface area contributed by atoms with Crippen LogP contribution in [0.3, 0.4) is 0 Å². The summed E-state index contributed by atoms with van der Waals surface area (Å²) < 4.78 is 41.0. The second kappa shape index (κ2) is 25.6. The molecule has 21 heteroatoms. The maximum atomic E-state index is 16.9. The van der Waals surface area contributed by atoms with Crippen molar-refractivity contribution < 1.29 is 37.8 Å². The van der Waals surface area contributed by atoms with E-state index in [1.165, 1.54) is 33.7 Å². The number of amides is 4. The third-order valence-corrected chi connectivity index (χ3v) is 17.1. The van der Waals surface area contributed by atoms with Crippen LogP contribution in [0.15, 0.2) is 83.8 Å². The molecule has 440 valence electrons. The van der Waals surface area contributed by atoms with E-state index in [4.69, 9.17) is 9.72 Å². The normalized spacial score (nSPS) is 18.4. The van der Waals surface area contributed by atoms with Gasteiger partial charge in [0.05, 0.1) is 51.1 Å². The van der Waals surface area contributed by atoms with E-state index in [-0.39, 0.29) is 102 Å². The maximum absolute atomic E-state index is 16.9. The van der Waals surface area contributed by atoms with Crippen LogP contribution in [0, 0.1) is 36.8 Å². The molecular weight excluding hydrogens is 1080 g/mol. The average Bonchev–Trinajstić information content (AvgIpc) is 1.93. The second-order valence-electron chi connectivity index (χ2n) is 23.5. The van der Waals surface area contributed by atoms with E-state index in [1.54, 1.807) is 34.6 Å². The number of aryl methyl sites for hydroxylation is 2. The molecule has 3 fully saturated rings. The summed E-state index contributed by atoms with van der Waals surface area (Å²) in [5.41, 5.74) is 4.59. The number of thiazole rings is 1. The van der Waals surface area contributed by atoms with Gasteiger partial charge in [0.25, 0.3) is 0 Å². The highest BCUT2D eigenvalue weighted by Gasteiger charge is 2.44. The van der Waals surface area contributed by atoms with Crippen molar-refractivity contribution in [3.05, 3.63) is 124 Å². The van der Waals surface area contributed by atoms with E-state index in [0.29, 0.717) is 62.6 Å². The summed E-state index contributed by atoms with van der Waals surface area (Å²) >= 11 is 1.56. The Balaban J connectivity index is 0.825. The van der Waals surface area contributed by atoms with Gasteiger partial charge in [-0.15, -0.1) is 11.3 Å². The quantitative estimate of drug-likeness (QED) is 0.0701. The molecule has 4 atom stereocenters. The molecule has 3 saturated heterocycles. The minimum absolute atomic E-state index is 0.0234. The van der Waals surface area contributed by atoms with Gasteiger partial charge in [-0.2, -0.15) is 4.98 Å². The van der Waals surface area contributed by atoms with E-state index in [2.05, 4.69) is 37.1 Å². The van der Waals surface area contributed by atoms with Crippen LogP contribution in [-0.4, -0.2) is 145 Å². The number of aliphatic hydroxyl groups excluding tert-OH is 1. The number of pyridine rings is 2. The zero-order valence-corrected chi connectivity index (χ0v) is 49.4. The van der Waals surface area contributed by atoms with Crippen molar-refractivity contribution in [3.63, 3.8) is 0 Å². The summed E-state index contributed by atoms with van der Waals surface area (Å²) in [4.78, 5) is 95.1. The lowest BCUT2D eigenvalue weighted by molar-refractivity contribution is -0.144. The number of likely N-dealkylation sites (tertiary alicyclic amines) is 2. The molecule has 0 aliphatic carbocycles. The minimum Gasteiger partial charge on any atom is -0.492 e. The van der Waals surface area contributed by atoms with Crippen LogP contribution in [0.1, 0.15) is 102 Å². The Bertz CT molecular complexity index is 3450. The Morgan fingerprint density at radius 2 is 1.71 bits per heavy atom. The lowest BCUT2D eigenvalue weighted by Crippen LogP contribution is -2.57. The van der Waals surface area contributed by atoms with E-state index in [9.17, 15) is 29.1 Å². The number of halogens is 2. The number of piperidine rings is 1. The van der Waals surface area contributed by atoms with Crippen molar-refractivity contribution in [2.75, 3.05) is 57.3 Å². The van der Waals surface area contributed by atoms with Crippen LogP contribution in [0.2, 0.25) is 0 Å². The molecule has 0 saturated carbocycles. The van der Waals surface area contributed by atoms with Gasteiger partial charge in [0.15, 0.2) is 11.5 Å². The van der Waals surface area contributed by atoms with Gasteiger partial charge >= 0.3 is 5.69 Å². The number of β-amino-alcohol motifs (C(OH)–C–C–N with tert-alkyl or cyclic N) is 1. The van der Waals surface area contributed by atoms with Gasteiger partial charge in [-0.25, -0.2) is 28.1 Å². The topological polar surface area (TPSA) is 208 Å². The third-order valence-electron chi connectivity index (χ3n) is 16.1. The van der Waals surface area contributed by atoms with Gasteiger partial charge in [0.2, 0.25) is 23.6 Å². The van der Waals surface area contributed by atoms with Gasteiger partial charge in [0, 0.05) is 57.8 Å². The number of aromatic nitrogens is 5. The summed E-state index contributed by atoms with van der Waals surface area (Å²) in [6.07, 6.45) is 4.31. The van der Waals surface area contributed by atoms with Crippen molar-refractivity contribution in [1.29, 1.82) is 0 Å². The van der Waals surface area contributed by atoms with E-state index >= 15 is 8.78 Å². The number of nitrogens with one attached hydrogen (secondary N) is 2. The fraction of sp³-hybridized carbons (Fsp3) is 0.468. The molecule has 3 aliphatic heterocycles. The van der Waals surface area contributed by atoms with Gasteiger partial charge in [-0.1, -0.05) is 71.5 Å². The highest BCUT2D eigenvalue weighted by molar-refractivity contribution is 7.13. The molecule has 2 aromatic carbocycles. The lowest BCUT2D eigenvalue weighted by Gasteiger charge is -2.40. The Labute approximate surface area is 487 Å². The SMILES string of the molecule is C=CC(=O)N1CCN(c2nc(=O)n(-c3c(C)ccnc3C(C)C)c3nc(-c4c(F)cccc4OCC4CCN(CCCC(=O)N[C@H](C(=O)N5CC(O)C[C@H]5C(=O)NCc5ccc(-c6scnc6C)cc5)C(C)(C)C)CC4)c(F)cc23)[C@@H](C)C1. The zero-order chi connectivity index (χ0) is 59.4. The maximum Gasteiger partial charge on any atom is 0.355 e. The van der Waals surface area contributed by atoms with Crippen LogP contribution in [-0.2, 0) is 25.7 Å². The molecule has 6 aromatic rings. The van der Waals surface area contributed by atoms with Gasteiger partial charge < -0.3 is 40.1 Å². The number of nitrogens with zero attached hydrogens (tertiary/aromatic N) is 9. The molecule has 4 aromatic heterocycles. The van der Waals surface area contributed by atoms with Gasteiger partial charge in [0.1, 0.15) is 35.2 Å². The van der Waals surface area contributed by atoms with Gasteiger partial charge in [-0.3, -0.25) is 24.2 Å². The summed E-state index contributed by atoms with van der Waals surface area (Å²) in [6, 6.07) is 13.0. The fourth-order valence-electron chi connectivity index (χ4n) is 11.5. The average molecular weight is 1160 g/mol. The molecule has 0 bridgehead atoms. The summed E-state index contributed by atoms with van der Waals surface area (Å²) in [5.74, 6) is -2.68. The van der Waals surface area contributed by atoms with Crippen LogP contribution in [0.5, 0.6) is 5.75 Å². The Morgan fingerprint density at radius 3 is 2.39 bits per heavy atom. The second-order valence-corrected chi connectivity index (χ2v) is 24.4. The first kappa shape index (κ1) is 60.1.